The van der Waals surface area contributed by atoms with Crippen LogP contribution in [0.4, 0.5) is 0 Å². The van der Waals surface area contributed by atoms with Crippen LogP contribution in [0.3, 0.4) is 0 Å². The average Bonchev–Trinajstić information content (AvgIpc) is 2.39. The number of aliphatic hydroxyl groups is 2. The summed E-state index contributed by atoms with van der Waals surface area (Å²) in [6.45, 7) is 8.55. The van der Waals surface area contributed by atoms with E-state index in [1.165, 1.54) is 0 Å². The number of rotatable bonds is 14. The van der Waals surface area contributed by atoms with Gasteiger partial charge in [0.25, 0.3) is 0 Å². The molecule has 1 unspecified atom stereocenters. The van der Waals surface area contributed by atoms with Crippen molar-refractivity contribution in [3.8, 4) is 0 Å². The van der Waals surface area contributed by atoms with Crippen molar-refractivity contribution in [3.63, 3.8) is 0 Å². The molecular formula is C13H31NO5Si. The Morgan fingerprint density at radius 1 is 1.05 bits per heavy atom. The molecule has 0 aromatic carbocycles. The fourth-order valence-corrected chi connectivity index (χ4v) is 4.78. The maximum atomic E-state index is 8.99. The minimum absolute atomic E-state index is 0.0739. The summed E-state index contributed by atoms with van der Waals surface area (Å²) in [5.41, 5.74) is 0. The van der Waals surface area contributed by atoms with Gasteiger partial charge in [0.15, 0.2) is 0 Å². The molecule has 7 heteroatoms. The first kappa shape index (κ1) is 20.0. The largest absolute Gasteiger partial charge is 0.501 e. The van der Waals surface area contributed by atoms with E-state index in [0.29, 0.717) is 26.2 Å². The van der Waals surface area contributed by atoms with Crippen LogP contribution < -0.4 is 5.32 Å². The number of aliphatic hydroxyl groups excluding tert-OH is 2. The first-order valence-electron chi connectivity index (χ1n) is 7.52. The highest BCUT2D eigenvalue weighted by Gasteiger charge is 2.41. The van der Waals surface area contributed by atoms with E-state index in [4.69, 9.17) is 23.5 Å². The molecular weight excluding hydrogens is 278 g/mol. The molecule has 0 heterocycles. The minimum Gasteiger partial charge on any atom is -0.396 e. The lowest BCUT2D eigenvalue weighted by Crippen LogP contribution is -2.48. The molecule has 0 bridgehead atoms. The number of hydrogen-bond donors (Lipinski definition) is 3. The van der Waals surface area contributed by atoms with E-state index >= 15 is 0 Å². The topological polar surface area (TPSA) is 80.2 Å². The van der Waals surface area contributed by atoms with E-state index in [1.54, 1.807) is 0 Å². The Hall–Kier alpha value is -0.0231. The fourth-order valence-electron chi connectivity index (χ4n) is 1.93. The smallest absolute Gasteiger partial charge is 0.396 e. The van der Waals surface area contributed by atoms with Crippen LogP contribution in [0.15, 0.2) is 0 Å². The maximum absolute atomic E-state index is 8.99. The molecule has 0 spiro atoms. The van der Waals surface area contributed by atoms with Crippen LogP contribution in [-0.4, -0.2) is 64.6 Å². The van der Waals surface area contributed by atoms with E-state index < -0.39 is 8.80 Å². The molecule has 0 saturated carbocycles. The van der Waals surface area contributed by atoms with Crippen molar-refractivity contribution in [2.24, 2.45) is 0 Å². The summed E-state index contributed by atoms with van der Waals surface area (Å²) in [7, 11) is -2.67. The van der Waals surface area contributed by atoms with Gasteiger partial charge in [-0.25, -0.2) is 0 Å². The molecule has 0 aromatic rings. The quantitative estimate of drug-likeness (QED) is 0.325. The molecule has 6 nitrogen and oxygen atoms in total. The van der Waals surface area contributed by atoms with Gasteiger partial charge in [-0.15, -0.1) is 0 Å². The van der Waals surface area contributed by atoms with E-state index in [2.05, 4.69) is 5.32 Å². The normalized spacial score (nSPS) is 13.7. The first-order valence-corrected chi connectivity index (χ1v) is 9.45. The highest BCUT2D eigenvalue weighted by Crippen LogP contribution is 2.20. The average molecular weight is 309 g/mol. The summed E-state index contributed by atoms with van der Waals surface area (Å²) in [5.74, 6) is 0. The van der Waals surface area contributed by atoms with Crippen molar-refractivity contribution < 1.29 is 23.5 Å². The highest BCUT2D eigenvalue weighted by molar-refractivity contribution is 6.60. The molecule has 0 aliphatic carbocycles. The van der Waals surface area contributed by atoms with Gasteiger partial charge >= 0.3 is 8.80 Å². The van der Waals surface area contributed by atoms with Crippen molar-refractivity contribution in [2.75, 3.05) is 39.5 Å². The SMILES string of the molecule is CCO[Si](CCCNCCO)(OCC)OC(C)CCO. The van der Waals surface area contributed by atoms with E-state index in [0.717, 1.165) is 19.0 Å². The Kier molecular flexibility index (Phi) is 12.7. The van der Waals surface area contributed by atoms with E-state index in [9.17, 15) is 0 Å². The molecule has 0 fully saturated rings. The Morgan fingerprint density at radius 3 is 2.20 bits per heavy atom. The van der Waals surface area contributed by atoms with Gasteiger partial charge in [-0.05, 0) is 40.2 Å². The summed E-state index contributed by atoms with van der Waals surface area (Å²) in [6.07, 6.45) is 1.38. The molecule has 1 atom stereocenters. The summed E-state index contributed by atoms with van der Waals surface area (Å²) in [5, 5.41) is 20.8. The lowest BCUT2D eigenvalue weighted by molar-refractivity contribution is 0.0297. The summed E-state index contributed by atoms with van der Waals surface area (Å²) in [6, 6.07) is 0.739. The van der Waals surface area contributed by atoms with Crippen LogP contribution in [0.5, 0.6) is 0 Å². The van der Waals surface area contributed by atoms with Crippen LogP contribution in [-0.2, 0) is 13.3 Å². The predicted octanol–water partition coefficient (Wildman–Crippen LogP) is 0.758. The second-order valence-corrected chi connectivity index (χ2v) is 7.25. The third kappa shape index (κ3) is 9.01. The molecule has 122 valence electrons. The van der Waals surface area contributed by atoms with Gasteiger partial charge in [0.1, 0.15) is 0 Å². The van der Waals surface area contributed by atoms with Crippen LogP contribution in [0.2, 0.25) is 6.04 Å². The second-order valence-electron chi connectivity index (χ2n) is 4.57. The van der Waals surface area contributed by atoms with E-state index in [1.807, 2.05) is 20.8 Å². The van der Waals surface area contributed by atoms with Crippen molar-refractivity contribution in [3.05, 3.63) is 0 Å². The number of nitrogens with one attached hydrogen (secondary N) is 1. The third-order valence-corrected chi connectivity index (χ3v) is 5.95. The predicted molar refractivity (Wildman–Crippen MR) is 80.6 cm³/mol. The second kappa shape index (κ2) is 12.7. The zero-order valence-corrected chi connectivity index (χ0v) is 14.1. The zero-order valence-electron chi connectivity index (χ0n) is 13.1. The van der Waals surface area contributed by atoms with Gasteiger partial charge in [0, 0.05) is 38.5 Å². The zero-order chi connectivity index (χ0) is 15.3. The first-order chi connectivity index (χ1) is 9.64. The van der Waals surface area contributed by atoms with Crippen LogP contribution >= 0.6 is 0 Å². The molecule has 0 aliphatic heterocycles. The van der Waals surface area contributed by atoms with Gasteiger partial charge in [0.05, 0.1) is 6.61 Å². The molecule has 0 saturated heterocycles. The Labute approximate surface area is 123 Å². The summed E-state index contributed by atoms with van der Waals surface area (Å²) >= 11 is 0. The van der Waals surface area contributed by atoms with Gasteiger partial charge in [0.2, 0.25) is 0 Å². The van der Waals surface area contributed by atoms with Crippen LogP contribution in [0, 0.1) is 0 Å². The molecule has 3 N–H and O–H groups in total. The Bertz CT molecular complexity index is 215. The third-order valence-electron chi connectivity index (χ3n) is 2.77. The number of hydrogen-bond acceptors (Lipinski definition) is 6. The van der Waals surface area contributed by atoms with Gasteiger partial charge < -0.3 is 28.8 Å². The monoisotopic (exact) mass is 309 g/mol. The van der Waals surface area contributed by atoms with Crippen molar-refractivity contribution in [2.45, 2.75) is 45.8 Å². The molecule has 20 heavy (non-hydrogen) atoms. The van der Waals surface area contributed by atoms with Gasteiger partial charge in [-0.2, -0.15) is 0 Å². The van der Waals surface area contributed by atoms with Crippen molar-refractivity contribution in [1.82, 2.24) is 5.32 Å². The minimum atomic E-state index is -2.67. The van der Waals surface area contributed by atoms with Crippen molar-refractivity contribution in [1.29, 1.82) is 0 Å². The molecule has 0 radical (unpaired) electrons. The highest BCUT2D eigenvalue weighted by atomic mass is 28.4. The molecule has 0 rings (SSSR count). The van der Waals surface area contributed by atoms with E-state index in [-0.39, 0.29) is 19.3 Å². The van der Waals surface area contributed by atoms with Gasteiger partial charge in [-0.3, -0.25) is 0 Å². The summed E-state index contributed by atoms with van der Waals surface area (Å²) < 4.78 is 17.7. The lowest BCUT2D eigenvalue weighted by atomic mass is 10.3. The van der Waals surface area contributed by atoms with Crippen LogP contribution in [0.1, 0.15) is 33.6 Å². The standard InChI is InChI=1S/C13H31NO5Si/c1-4-17-20(18-5-2,19-13(3)7-10-15)12-6-8-14-9-11-16/h13-16H,4-12H2,1-3H3. The Balaban J connectivity index is 4.40. The molecule has 0 aromatic heterocycles. The lowest BCUT2D eigenvalue weighted by Gasteiger charge is -2.31. The van der Waals surface area contributed by atoms with Crippen LogP contribution in [0.25, 0.3) is 0 Å². The maximum Gasteiger partial charge on any atom is 0.501 e. The molecule has 0 amide bonds. The molecule has 0 aliphatic rings. The van der Waals surface area contributed by atoms with Crippen molar-refractivity contribution >= 4 is 8.80 Å². The fraction of sp³-hybridized carbons (Fsp3) is 1.00. The Morgan fingerprint density at radius 2 is 1.70 bits per heavy atom. The van der Waals surface area contributed by atoms with Gasteiger partial charge in [-0.1, -0.05) is 0 Å². The summed E-state index contributed by atoms with van der Waals surface area (Å²) in [4.78, 5) is 0.